The summed E-state index contributed by atoms with van der Waals surface area (Å²) in [5.41, 5.74) is 2.79. The van der Waals surface area contributed by atoms with Crippen LogP contribution in [0.15, 0.2) is 59.8 Å². The van der Waals surface area contributed by atoms with Crippen molar-refractivity contribution in [2.24, 2.45) is 7.05 Å². The standard InChI is InChI=1S/C31H33ClFN5O3/c1-18(2)38-22-6-7-23(38)17-36(16-22)28-12-20(15-34-30(28)41-4)25-14-21(33)13-24(29(25)39)19-5-8-27(26(32)11-19)37-10-9-35(3)31(37)40/h5,8-15,18,22-23,39H,6-7,16-17H2,1-4H3. The largest absolute Gasteiger partial charge is 0.507 e. The molecule has 2 atom stereocenters. The molecule has 1 N–H and O–H groups in total. The van der Waals surface area contributed by atoms with Gasteiger partial charge < -0.3 is 19.3 Å². The van der Waals surface area contributed by atoms with Gasteiger partial charge in [0.15, 0.2) is 0 Å². The van der Waals surface area contributed by atoms with Crippen molar-refractivity contribution < 1.29 is 14.2 Å². The first-order valence-electron chi connectivity index (χ1n) is 13.8. The molecule has 2 bridgehead atoms. The first-order valence-corrected chi connectivity index (χ1v) is 14.2. The Morgan fingerprint density at radius 1 is 1.02 bits per heavy atom. The quantitative estimate of drug-likeness (QED) is 0.327. The van der Waals surface area contributed by atoms with E-state index in [2.05, 4.69) is 28.6 Å². The molecule has 41 heavy (non-hydrogen) atoms. The van der Waals surface area contributed by atoms with Crippen LogP contribution in [-0.4, -0.2) is 62.4 Å². The molecule has 2 aromatic heterocycles. The molecule has 0 aliphatic carbocycles. The number of imidazole rings is 1. The molecule has 2 saturated heterocycles. The highest BCUT2D eigenvalue weighted by Crippen LogP contribution is 2.43. The number of methoxy groups -OCH3 is 1. The maximum atomic E-state index is 15.1. The van der Waals surface area contributed by atoms with Crippen LogP contribution in [0.5, 0.6) is 11.6 Å². The van der Waals surface area contributed by atoms with Crippen molar-refractivity contribution in [3.05, 3.63) is 76.3 Å². The van der Waals surface area contributed by atoms with E-state index in [9.17, 15) is 9.90 Å². The van der Waals surface area contributed by atoms with Gasteiger partial charge in [-0.15, -0.1) is 0 Å². The van der Waals surface area contributed by atoms with E-state index >= 15 is 4.39 Å². The van der Waals surface area contributed by atoms with Crippen LogP contribution in [0.4, 0.5) is 10.1 Å². The monoisotopic (exact) mass is 577 g/mol. The Morgan fingerprint density at radius 2 is 1.71 bits per heavy atom. The zero-order chi connectivity index (χ0) is 29.0. The van der Waals surface area contributed by atoms with Crippen LogP contribution in [0, 0.1) is 5.82 Å². The molecule has 4 aromatic rings. The number of benzene rings is 2. The van der Waals surface area contributed by atoms with E-state index in [-0.39, 0.29) is 17.0 Å². The number of fused-ring (bicyclic) bond motifs is 2. The van der Waals surface area contributed by atoms with E-state index in [0.29, 0.717) is 51.4 Å². The molecule has 8 nitrogen and oxygen atoms in total. The number of ether oxygens (including phenoxy) is 1. The second kappa shape index (κ2) is 10.5. The molecule has 2 fully saturated rings. The van der Waals surface area contributed by atoms with Gasteiger partial charge >= 0.3 is 5.69 Å². The lowest BCUT2D eigenvalue weighted by molar-refractivity contribution is 0.129. The fourth-order valence-corrected chi connectivity index (χ4v) is 6.78. The van der Waals surface area contributed by atoms with Gasteiger partial charge in [-0.05, 0) is 62.6 Å². The maximum absolute atomic E-state index is 15.1. The van der Waals surface area contributed by atoms with E-state index in [0.717, 1.165) is 31.6 Å². The Labute approximate surface area is 243 Å². The van der Waals surface area contributed by atoms with E-state index in [1.807, 2.05) is 6.07 Å². The third kappa shape index (κ3) is 4.77. The number of pyridine rings is 1. The van der Waals surface area contributed by atoms with Crippen molar-refractivity contribution in [1.82, 2.24) is 19.0 Å². The third-order valence-corrected chi connectivity index (χ3v) is 8.66. The predicted molar refractivity (Wildman–Crippen MR) is 159 cm³/mol. The lowest BCUT2D eigenvalue weighted by Gasteiger charge is -2.44. The lowest BCUT2D eigenvalue weighted by Crippen LogP contribution is -2.56. The number of phenolic OH excluding ortho intramolecular Hbond substituents is 1. The molecule has 2 aromatic carbocycles. The summed E-state index contributed by atoms with van der Waals surface area (Å²) in [6.07, 6.45) is 7.18. The molecule has 214 valence electrons. The molecule has 4 heterocycles. The van der Waals surface area contributed by atoms with Crippen LogP contribution >= 0.6 is 11.6 Å². The van der Waals surface area contributed by atoms with Gasteiger partial charge in [-0.1, -0.05) is 17.7 Å². The Kier molecular flexibility index (Phi) is 7.03. The van der Waals surface area contributed by atoms with Gasteiger partial charge in [0.1, 0.15) is 17.3 Å². The number of halogens is 2. The van der Waals surface area contributed by atoms with Gasteiger partial charge in [-0.2, -0.15) is 0 Å². The minimum absolute atomic E-state index is 0.0882. The highest BCUT2D eigenvalue weighted by Gasteiger charge is 2.41. The third-order valence-electron chi connectivity index (χ3n) is 8.35. The summed E-state index contributed by atoms with van der Waals surface area (Å²) in [6, 6.07) is 10.9. The summed E-state index contributed by atoms with van der Waals surface area (Å²) in [4.78, 5) is 21.9. The van der Waals surface area contributed by atoms with Crippen molar-refractivity contribution in [2.75, 3.05) is 25.1 Å². The van der Waals surface area contributed by atoms with Crippen molar-refractivity contribution in [3.63, 3.8) is 0 Å². The van der Waals surface area contributed by atoms with Crippen LogP contribution in [0.25, 0.3) is 27.9 Å². The molecular formula is C31H33ClFN5O3. The number of anilines is 1. The van der Waals surface area contributed by atoms with E-state index in [1.54, 1.807) is 50.9 Å². The van der Waals surface area contributed by atoms with E-state index in [4.69, 9.17) is 16.3 Å². The molecule has 0 saturated carbocycles. The van der Waals surface area contributed by atoms with Crippen LogP contribution in [-0.2, 0) is 7.05 Å². The SMILES string of the molecule is COc1ncc(-c2cc(F)cc(-c3ccc(-n4ccn(C)c4=O)c(Cl)c3)c2O)cc1N1CC2CCC(C1)N2C(C)C. The smallest absolute Gasteiger partial charge is 0.332 e. The molecule has 10 heteroatoms. The number of rotatable bonds is 6. The predicted octanol–water partition coefficient (Wildman–Crippen LogP) is 5.47. The van der Waals surface area contributed by atoms with Crippen molar-refractivity contribution in [3.8, 4) is 39.6 Å². The highest BCUT2D eigenvalue weighted by atomic mass is 35.5. The van der Waals surface area contributed by atoms with E-state index < -0.39 is 5.82 Å². The molecule has 2 aliphatic heterocycles. The number of nitrogens with zero attached hydrogens (tertiary/aromatic N) is 5. The minimum atomic E-state index is -0.506. The highest BCUT2D eigenvalue weighted by molar-refractivity contribution is 6.32. The van der Waals surface area contributed by atoms with E-state index in [1.165, 1.54) is 21.3 Å². The number of aryl methyl sites for hydroxylation is 1. The zero-order valence-electron chi connectivity index (χ0n) is 23.5. The van der Waals surface area contributed by atoms with Crippen molar-refractivity contribution in [1.29, 1.82) is 0 Å². The maximum Gasteiger partial charge on any atom is 0.332 e. The summed E-state index contributed by atoms with van der Waals surface area (Å²) in [7, 11) is 3.25. The normalized spacial score (nSPS) is 18.9. The average Bonchev–Trinajstić information content (AvgIpc) is 3.43. The van der Waals surface area contributed by atoms with Gasteiger partial charge in [-0.25, -0.2) is 14.2 Å². The van der Waals surface area contributed by atoms with Gasteiger partial charge in [0.2, 0.25) is 5.88 Å². The van der Waals surface area contributed by atoms with Gasteiger partial charge in [0, 0.05) is 73.5 Å². The minimum Gasteiger partial charge on any atom is -0.507 e. The number of phenols is 1. The van der Waals surface area contributed by atoms with Crippen LogP contribution in [0.2, 0.25) is 5.02 Å². The second-order valence-electron chi connectivity index (χ2n) is 11.2. The van der Waals surface area contributed by atoms with Crippen LogP contribution < -0.4 is 15.3 Å². The summed E-state index contributed by atoms with van der Waals surface area (Å²) in [5.74, 6) is -0.0938. The molecule has 0 radical (unpaired) electrons. The second-order valence-corrected chi connectivity index (χ2v) is 11.6. The average molecular weight is 578 g/mol. The Hall–Kier alpha value is -3.82. The Morgan fingerprint density at radius 3 is 2.29 bits per heavy atom. The summed E-state index contributed by atoms with van der Waals surface area (Å²) in [6.45, 7) is 6.20. The number of piperazine rings is 1. The Bertz CT molecular complexity index is 1670. The van der Waals surface area contributed by atoms with Crippen molar-refractivity contribution >= 4 is 17.3 Å². The Balaban J connectivity index is 1.38. The van der Waals surface area contributed by atoms with Gasteiger partial charge in [-0.3, -0.25) is 9.47 Å². The fourth-order valence-electron chi connectivity index (χ4n) is 6.50. The number of hydrogen-bond acceptors (Lipinski definition) is 6. The molecular weight excluding hydrogens is 545 g/mol. The lowest BCUT2D eigenvalue weighted by atomic mass is 9.97. The molecule has 0 amide bonds. The summed E-state index contributed by atoms with van der Waals surface area (Å²) in [5, 5.41) is 11.7. The zero-order valence-corrected chi connectivity index (χ0v) is 24.3. The molecule has 0 spiro atoms. The number of aromatic nitrogens is 3. The number of aromatic hydroxyl groups is 1. The van der Waals surface area contributed by atoms with Gasteiger partial charge in [0.05, 0.1) is 17.8 Å². The first-order chi connectivity index (χ1) is 19.7. The van der Waals surface area contributed by atoms with Crippen LogP contribution in [0.1, 0.15) is 26.7 Å². The molecule has 2 unspecified atom stereocenters. The fraction of sp³-hybridized carbons (Fsp3) is 0.355. The topological polar surface area (TPSA) is 75.8 Å². The molecule has 2 aliphatic rings. The molecule has 6 rings (SSSR count). The summed E-state index contributed by atoms with van der Waals surface area (Å²) < 4.78 is 23.6. The van der Waals surface area contributed by atoms with Crippen molar-refractivity contribution in [2.45, 2.75) is 44.8 Å². The summed E-state index contributed by atoms with van der Waals surface area (Å²) >= 11 is 6.57. The van der Waals surface area contributed by atoms with Crippen LogP contribution in [0.3, 0.4) is 0 Å². The van der Waals surface area contributed by atoms with Gasteiger partial charge in [0.25, 0.3) is 0 Å². The first kappa shape index (κ1) is 27.4. The number of hydrogen-bond donors (Lipinski definition) is 1.